The van der Waals surface area contributed by atoms with E-state index in [1.807, 2.05) is 24.3 Å². The molecule has 4 rings (SSSR count). The summed E-state index contributed by atoms with van der Waals surface area (Å²) in [7, 11) is 0. The maximum absolute atomic E-state index is 13.8. The third kappa shape index (κ3) is 3.03. The third-order valence-electron chi connectivity index (χ3n) is 4.55. The summed E-state index contributed by atoms with van der Waals surface area (Å²) in [6, 6.07) is 12.3. The average molecular weight is 416 g/mol. The first-order valence-corrected chi connectivity index (χ1v) is 8.97. The van der Waals surface area contributed by atoms with E-state index in [2.05, 4.69) is 26.1 Å². The summed E-state index contributed by atoms with van der Waals surface area (Å²) in [5.41, 5.74) is 1.89. The number of amides is 1. The summed E-state index contributed by atoms with van der Waals surface area (Å²) in [5, 5.41) is 4.02. The summed E-state index contributed by atoms with van der Waals surface area (Å²) in [4.78, 5) is 18.5. The molecule has 1 aliphatic heterocycles. The van der Waals surface area contributed by atoms with E-state index in [0.717, 1.165) is 10.0 Å². The van der Waals surface area contributed by atoms with Gasteiger partial charge in [0.2, 0.25) is 17.6 Å². The number of carbonyl (C=O) groups excluding carboxylic acids is 1. The summed E-state index contributed by atoms with van der Waals surface area (Å²) in [6.07, 6.45) is 0.262. The minimum Gasteiger partial charge on any atom is -0.339 e. The number of aromatic nitrogens is 2. The van der Waals surface area contributed by atoms with Crippen LogP contribution >= 0.6 is 15.9 Å². The first-order valence-electron chi connectivity index (χ1n) is 8.18. The van der Waals surface area contributed by atoms with E-state index in [0.29, 0.717) is 29.5 Å². The van der Waals surface area contributed by atoms with Gasteiger partial charge in [0.1, 0.15) is 5.82 Å². The molecule has 132 valence electrons. The average Bonchev–Trinajstić information content (AvgIpc) is 3.25. The Balaban J connectivity index is 1.58. The summed E-state index contributed by atoms with van der Waals surface area (Å²) in [5.74, 6) is 0.302. The van der Waals surface area contributed by atoms with Crippen LogP contribution in [0.1, 0.15) is 23.8 Å². The van der Waals surface area contributed by atoms with Crippen LogP contribution in [-0.2, 0) is 4.79 Å². The largest absolute Gasteiger partial charge is 0.339 e. The molecule has 1 amide bonds. The van der Waals surface area contributed by atoms with Crippen molar-refractivity contribution in [2.45, 2.75) is 19.3 Å². The normalized spacial score (nSPS) is 17.1. The highest BCUT2D eigenvalue weighted by atomic mass is 79.9. The fraction of sp³-hybridized carbons (Fsp3) is 0.211. The summed E-state index contributed by atoms with van der Waals surface area (Å²) in [6.45, 7) is 2.06. The van der Waals surface area contributed by atoms with E-state index in [4.69, 9.17) is 4.52 Å². The maximum Gasteiger partial charge on any atom is 0.232 e. The molecular formula is C19H15BrFN3O2. The molecule has 0 N–H and O–H groups in total. The lowest BCUT2D eigenvalue weighted by Gasteiger charge is -2.18. The summed E-state index contributed by atoms with van der Waals surface area (Å²) >= 11 is 3.39. The van der Waals surface area contributed by atoms with Gasteiger partial charge in [0.15, 0.2) is 0 Å². The number of nitrogens with zero attached hydrogens (tertiary/aromatic N) is 3. The minimum absolute atomic E-state index is 0.0768. The fourth-order valence-electron chi connectivity index (χ4n) is 3.11. The second kappa shape index (κ2) is 6.64. The lowest BCUT2D eigenvalue weighted by Crippen LogP contribution is -2.25. The van der Waals surface area contributed by atoms with Crippen molar-refractivity contribution < 1.29 is 13.7 Å². The van der Waals surface area contributed by atoms with Crippen LogP contribution in [0.2, 0.25) is 0 Å². The molecule has 7 heteroatoms. The Labute approximate surface area is 158 Å². The lowest BCUT2D eigenvalue weighted by molar-refractivity contribution is -0.117. The quantitative estimate of drug-likeness (QED) is 0.633. The predicted molar refractivity (Wildman–Crippen MR) is 98.3 cm³/mol. The molecule has 26 heavy (non-hydrogen) atoms. The Bertz CT molecular complexity index is 971. The van der Waals surface area contributed by atoms with Crippen molar-refractivity contribution in [1.29, 1.82) is 0 Å². The van der Waals surface area contributed by atoms with Crippen molar-refractivity contribution in [3.8, 4) is 11.4 Å². The molecule has 1 aromatic heterocycles. The van der Waals surface area contributed by atoms with E-state index in [1.165, 1.54) is 6.07 Å². The molecule has 0 aliphatic carbocycles. The number of hydrogen-bond acceptors (Lipinski definition) is 4. The van der Waals surface area contributed by atoms with Crippen molar-refractivity contribution in [1.82, 2.24) is 10.1 Å². The molecule has 1 unspecified atom stereocenters. The van der Waals surface area contributed by atoms with Crippen LogP contribution in [-0.4, -0.2) is 22.6 Å². The molecule has 0 bridgehead atoms. The first kappa shape index (κ1) is 16.9. The Hall–Kier alpha value is -2.54. The topological polar surface area (TPSA) is 59.2 Å². The number of halogens is 2. The Morgan fingerprint density at radius 2 is 2.00 bits per heavy atom. The smallest absolute Gasteiger partial charge is 0.232 e. The Kier molecular flexibility index (Phi) is 4.32. The molecule has 0 radical (unpaired) electrons. The maximum atomic E-state index is 13.8. The lowest BCUT2D eigenvalue weighted by atomic mass is 10.1. The number of benzene rings is 2. The van der Waals surface area contributed by atoms with Crippen molar-refractivity contribution in [3.05, 3.63) is 64.2 Å². The van der Waals surface area contributed by atoms with Crippen LogP contribution in [0.15, 0.2) is 51.5 Å². The van der Waals surface area contributed by atoms with Crippen LogP contribution in [0.4, 0.5) is 10.1 Å². The molecule has 3 aromatic rings. The standard InChI is InChI=1S/C19H15BrFN3O2/c1-11-15(21)3-2-4-16(11)24-10-13(9-17(24)25)19-22-18(23-26-19)12-5-7-14(20)8-6-12/h2-8,13H,9-10H2,1H3. The molecule has 2 heterocycles. The van der Waals surface area contributed by atoms with E-state index < -0.39 is 0 Å². The molecular weight excluding hydrogens is 401 g/mol. The van der Waals surface area contributed by atoms with Gasteiger partial charge in [0, 0.05) is 34.3 Å². The van der Waals surface area contributed by atoms with E-state index in [1.54, 1.807) is 24.0 Å². The van der Waals surface area contributed by atoms with Gasteiger partial charge < -0.3 is 9.42 Å². The number of rotatable bonds is 3. The van der Waals surface area contributed by atoms with Gasteiger partial charge in [-0.15, -0.1) is 0 Å². The number of carbonyl (C=O) groups is 1. The molecule has 5 nitrogen and oxygen atoms in total. The van der Waals surface area contributed by atoms with Crippen LogP contribution < -0.4 is 4.90 Å². The van der Waals surface area contributed by atoms with Gasteiger partial charge in [0.25, 0.3) is 0 Å². The highest BCUT2D eigenvalue weighted by Gasteiger charge is 2.36. The van der Waals surface area contributed by atoms with E-state index in [9.17, 15) is 9.18 Å². The zero-order valence-electron chi connectivity index (χ0n) is 13.9. The predicted octanol–water partition coefficient (Wildman–Crippen LogP) is 4.47. The monoisotopic (exact) mass is 415 g/mol. The molecule has 1 saturated heterocycles. The molecule has 1 atom stereocenters. The van der Waals surface area contributed by atoms with Gasteiger partial charge in [-0.05, 0) is 43.3 Å². The number of hydrogen-bond donors (Lipinski definition) is 0. The van der Waals surface area contributed by atoms with E-state index in [-0.39, 0.29) is 24.1 Å². The fourth-order valence-corrected chi connectivity index (χ4v) is 3.38. The minimum atomic E-state index is -0.325. The first-order chi connectivity index (χ1) is 12.5. The van der Waals surface area contributed by atoms with Crippen molar-refractivity contribution in [3.63, 3.8) is 0 Å². The highest BCUT2D eigenvalue weighted by molar-refractivity contribution is 9.10. The number of anilines is 1. The SMILES string of the molecule is Cc1c(F)cccc1N1CC(c2nc(-c3ccc(Br)cc3)no2)CC1=O. The van der Waals surface area contributed by atoms with Crippen molar-refractivity contribution in [2.24, 2.45) is 0 Å². The molecule has 0 saturated carbocycles. The second-order valence-electron chi connectivity index (χ2n) is 6.25. The van der Waals surface area contributed by atoms with E-state index >= 15 is 0 Å². The van der Waals surface area contributed by atoms with Gasteiger partial charge in [-0.2, -0.15) is 4.98 Å². The second-order valence-corrected chi connectivity index (χ2v) is 7.17. The van der Waals surface area contributed by atoms with Crippen molar-refractivity contribution in [2.75, 3.05) is 11.4 Å². The Morgan fingerprint density at radius 1 is 1.23 bits per heavy atom. The van der Waals surface area contributed by atoms with Crippen LogP contribution in [0.25, 0.3) is 11.4 Å². The molecule has 2 aromatic carbocycles. The molecule has 1 fully saturated rings. The zero-order chi connectivity index (χ0) is 18.3. The van der Waals surface area contributed by atoms with Crippen LogP contribution in [0.3, 0.4) is 0 Å². The van der Waals surface area contributed by atoms with Gasteiger partial charge >= 0.3 is 0 Å². The summed E-state index contributed by atoms with van der Waals surface area (Å²) < 4.78 is 20.2. The molecule has 1 aliphatic rings. The molecule has 0 spiro atoms. The van der Waals surface area contributed by atoms with Crippen molar-refractivity contribution >= 4 is 27.5 Å². The van der Waals surface area contributed by atoms with Crippen LogP contribution in [0, 0.1) is 12.7 Å². The van der Waals surface area contributed by atoms with Gasteiger partial charge in [-0.3, -0.25) is 4.79 Å². The van der Waals surface area contributed by atoms with Gasteiger partial charge in [-0.1, -0.05) is 27.2 Å². The zero-order valence-corrected chi connectivity index (χ0v) is 15.5. The van der Waals surface area contributed by atoms with Gasteiger partial charge in [0.05, 0.1) is 5.92 Å². The third-order valence-corrected chi connectivity index (χ3v) is 5.08. The van der Waals surface area contributed by atoms with Gasteiger partial charge in [-0.25, -0.2) is 4.39 Å². The Morgan fingerprint density at radius 3 is 2.77 bits per heavy atom. The van der Waals surface area contributed by atoms with Crippen LogP contribution in [0.5, 0.6) is 0 Å². The highest BCUT2D eigenvalue weighted by Crippen LogP contribution is 2.34.